The average molecular weight is 354 g/mol. The van der Waals surface area contributed by atoms with Crippen molar-refractivity contribution in [2.24, 2.45) is 5.92 Å². The van der Waals surface area contributed by atoms with Crippen molar-refractivity contribution in [1.29, 1.82) is 0 Å². The van der Waals surface area contributed by atoms with E-state index in [0.29, 0.717) is 6.54 Å². The third kappa shape index (κ3) is 13.9. The molecule has 0 saturated heterocycles. The van der Waals surface area contributed by atoms with Crippen LogP contribution in [-0.4, -0.2) is 23.5 Å². The van der Waals surface area contributed by atoms with Crippen molar-refractivity contribution in [2.75, 3.05) is 6.54 Å². The van der Waals surface area contributed by atoms with Gasteiger partial charge >= 0.3 is 5.97 Å². The smallest absolute Gasteiger partial charge is 0.303 e. The van der Waals surface area contributed by atoms with Crippen LogP contribution < -0.4 is 5.32 Å². The summed E-state index contributed by atoms with van der Waals surface area (Å²) in [4.78, 5) is 21.9. The molecule has 4 heteroatoms. The van der Waals surface area contributed by atoms with E-state index >= 15 is 0 Å². The van der Waals surface area contributed by atoms with Crippen molar-refractivity contribution in [3.05, 3.63) is 0 Å². The second-order valence-electron chi connectivity index (χ2n) is 7.72. The Hall–Kier alpha value is -1.06. The maximum atomic E-state index is 11.5. The second-order valence-corrected chi connectivity index (χ2v) is 7.72. The Bertz CT molecular complexity index is 343. The Balaban J connectivity index is 2.12. The van der Waals surface area contributed by atoms with Crippen molar-refractivity contribution in [3.63, 3.8) is 0 Å². The van der Waals surface area contributed by atoms with Crippen LogP contribution in [0.2, 0.25) is 0 Å². The first-order chi connectivity index (χ1) is 12.2. The maximum absolute atomic E-state index is 11.5. The van der Waals surface area contributed by atoms with E-state index in [1.165, 1.54) is 89.9 Å². The first-order valence-corrected chi connectivity index (χ1v) is 10.7. The molecule has 0 aromatic heterocycles. The number of carbonyl (C=O) groups excluding carboxylic acids is 1. The fourth-order valence-electron chi connectivity index (χ4n) is 3.81. The first-order valence-electron chi connectivity index (χ1n) is 10.7. The number of carbonyl (C=O) groups is 2. The molecule has 0 aromatic rings. The number of rotatable bonds is 8. The molecule has 1 saturated carbocycles. The maximum Gasteiger partial charge on any atom is 0.303 e. The largest absolute Gasteiger partial charge is 0.481 e. The van der Waals surface area contributed by atoms with Crippen LogP contribution in [0.25, 0.3) is 0 Å². The van der Waals surface area contributed by atoms with E-state index in [9.17, 15) is 9.59 Å². The van der Waals surface area contributed by atoms with Crippen molar-refractivity contribution in [3.8, 4) is 0 Å². The summed E-state index contributed by atoms with van der Waals surface area (Å²) in [5.41, 5.74) is 0. The number of nitrogens with one attached hydrogen (secondary N) is 1. The topological polar surface area (TPSA) is 66.4 Å². The van der Waals surface area contributed by atoms with Crippen LogP contribution >= 0.6 is 0 Å². The average Bonchev–Trinajstić information content (AvgIpc) is 2.61. The molecule has 2 N–H and O–H groups in total. The van der Waals surface area contributed by atoms with E-state index in [1.807, 2.05) is 0 Å². The van der Waals surface area contributed by atoms with Gasteiger partial charge in [0, 0.05) is 13.0 Å². The molecule has 0 bridgehead atoms. The molecule has 0 heterocycles. The highest BCUT2D eigenvalue weighted by atomic mass is 16.4. The lowest BCUT2D eigenvalue weighted by Crippen LogP contribution is -2.24. The lowest BCUT2D eigenvalue weighted by atomic mass is 9.90. The van der Waals surface area contributed by atoms with E-state index in [4.69, 9.17) is 5.11 Å². The lowest BCUT2D eigenvalue weighted by molar-refractivity contribution is -0.138. The number of aliphatic carboxylic acids is 1. The summed E-state index contributed by atoms with van der Waals surface area (Å²) in [6.45, 7) is 0.686. The zero-order valence-corrected chi connectivity index (χ0v) is 16.1. The summed E-state index contributed by atoms with van der Waals surface area (Å²) in [5, 5.41) is 11.4. The molecular formula is C21H39NO3. The van der Waals surface area contributed by atoms with Crippen LogP contribution in [0.3, 0.4) is 0 Å². The SMILES string of the molecule is O=C(O)CCC(=O)NCCCCC1CCCCCCCCCCCC1. The van der Waals surface area contributed by atoms with Crippen LogP contribution in [0.4, 0.5) is 0 Å². The van der Waals surface area contributed by atoms with Gasteiger partial charge in [-0.2, -0.15) is 0 Å². The molecule has 1 amide bonds. The molecule has 0 spiro atoms. The van der Waals surface area contributed by atoms with Crippen LogP contribution in [0.1, 0.15) is 109 Å². The molecule has 1 aliphatic carbocycles. The summed E-state index contributed by atoms with van der Waals surface area (Å²) in [5.74, 6) is -0.179. The molecule has 0 aromatic carbocycles. The summed E-state index contributed by atoms with van der Waals surface area (Å²) in [6, 6.07) is 0. The highest BCUT2D eigenvalue weighted by molar-refractivity contribution is 5.80. The fraction of sp³-hybridized carbons (Fsp3) is 0.905. The minimum Gasteiger partial charge on any atom is -0.481 e. The van der Waals surface area contributed by atoms with Crippen LogP contribution in [0.15, 0.2) is 0 Å². The van der Waals surface area contributed by atoms with Crippen molar-refractivity contribution >= 4 is 11.9 Å². The number of hydrogen-bond donors (Lipinski definition) is 2. The fourth-order valence-corrected chi connectivity index (χ4v) is 3.81. The lowest BCUT2D eigenvalue weighted by Gasteiger charge is -2.17. The Labute approximate surface area is 154 Å². The predicted octanol–water partition coefficient (Wildman–Crippen LogP) is 5.45. The van der Waals surface area contributed by atoms with Crippen molar-refractivity contribution in [2.45, 2.75) is 109 Å². The second kappa shape index (κ2) is 15.2. The zero-order valence-electron chi connectivity index (χ0n) is 16.1. The number of carboxylic acids is 1. The van der Waals surface area contributed by atoms with Crippen LogP contribution in [-0.2, 0) is 9.59 Å². The van der Waals surface area contributed by atoms with Gasteiger partial charge in [-0.1, -0.05) is 89.9 Å². The third-order valence-corrected chi connectivity index (χ3v) is 5.40. The van der Waals surface area contributed by atoms with Crippen LogP contribution in [0, 0.1) is 5.92 Å². The zero-order chi connectivity index (χ0) is 18.2. The summed E-state index contributed by atoms with van der Waals surface area (Å²) < 4.78 is 0. The van der Waals surface area contributed by atoms with Gasteiger partial charge in [0.25, 0.3) is 0 Å². The Morgan fingerprint density at radius 3 is 1.80 bits per heavy atom. The number of amides is 1. The van der Waals surface area contributed by atoms with E-state index in [1.54, 1.807) is 0 Å². The molecule has 0 unspecified atom stereocenters. The Morgan fingerprint density at radius 2 is 1.28 bits per heavy atom. The summed E-state index contributed by atoms with van der Waals surface area (Å²) in [7, 11) is 0. The number of hydrogen-bond acceptors (Lipinski definition) is 2. The Morgan fingerprint density at radius 1 is 0.760 bits per heavy atom. The highest BCUT2D eigenvalue weighted by Crippen LogP contribution is 2.24. The summed E-state index contributed by atoms with van der Waals surface area (Å²) >= 11 is 0. The molecule has 25 heavy (non-hydrogen) atoms. The quantitative estimate of drug-likeness (QED) is 0.570. The molecule has 1 rings (SSSR count). The van der Waals surface area contributed by atoms with Crippen LogP contribution in [0.5, 0.6) is 0 Å². The third-order valence-electron chi connectivity index (χ3n) is 5.40. The van der Waals surface area contributed by atoms with Gasteiger partial charge in [-0.25, -0.2) is 0 Å². The molecule has 1 aliphatic rings. The summed E-state index contributed by atoms with van der Waals surface area (Å²) in [6.07, 6.45) is 20.3. The minimum absolute atomic E-state index is 0.0755. The normalized spacial score (nSPS) is 18.6. The van der Waals surface area contributed by atoms with Gasteiger partial charge in [-0.15, -0.1) is 0 Å². The molecule has 0 radical (unpaired) electrons. The van der Waals surface area contributed by atoms with Crippen molar-refractivity contribution in [1.82, 2.24) is 5.32 Å². The monoisotopic (exact) mass is 353 g/mol. The molecule has 0 atom stereocenters. The van der Waals surface area contributed by atoms with E-state index in [-0.39, 0.29) is 18.7 Å². The standard InChI is InChI=1S/C21H39NO3/c23-20(16-17-21(24)25)22-18-12-11-15-19-13-9-7-5-3-1-2-4-6-8-10-14-19/h19H,1-18H2,(H,22,23)(H,24,25). The van der Waals surface area contributed by atoms with Gasteiger partial charge in [0.05, 0.1) is 6.42 Å². The number of unbranched alkanes of at least 4 members (excludes halogenated alkanes) is 1. The molecule has 146 valence electrons. The minimum atomic E-state index is -0.909. The molecule has 1 fully saturated rings. The first kappa shape index (κ1) is 22.0. The Kier molecular flexibility index (Phi) is 13.4. The highest BCUT2D eigenvalue weighted by Gasteiger charge is 2.10. The van der Waals surface area contributed by atoms with Gasteiger partial charge < -0.3 is 10.4 Å². The van der Waals surface area contributed by atoms with E-state index < -0.39 is 5.97 Å². The van der Waals surface area contributed by atoms with Gasteiger partial charge in [-0.05, 0) is 12.3 Å². The van der Waals surface area contributed by atoms with Gasteiger partial charge in [-0.3, -0.25) is 9.59 Å². The van der Waals surface area contributed by atoms with Gasteiger partial charge in [0.2, 0.25) is 5.91 Å². The number of carboxylic acid groups (broad SMARTS) is 1. The predicted molar refractivity (Wildman–Crippen MR) is 103 cm³/mol. The van der Waals surface area contributed by atoms with E-state index in [2.05, 4.69) is 5.32 Å². The van der Waals surface area contributed by atoms with E-state index in [0.717, 1.165) is 12.3 Å². The molecular weight excluding hydrogens is 314 g/mol. The molecule has 4 nitrogen and oxygen atoms in total. The van der Waals surface area contributed by atoms with Crippen molar-refractivity contribution < 1.29 is 14.7 Å². The molecule has 0 aliphatic heterocycles. The van der Waals surface area contributed by atoms with Gasteiger partial charge in [0.15, 0.2) is 0 Å². The van der Waals surface area contributed by atoms with Gasteiger partial charge in [0.1, 0.15) is 0 Å².